The number of hydrogen-bond donors (Lipinski definition) is 3. The van der Waals surface area contributed by atoms with Gasteiger partial charge in [0.2, 0.25) is 0 Å². The summed E-state index contributed by atoms with van der Waals surface area (Å²) < 4.78 is 0. The molecule has 6 heteroatoms. The van der Waals surface area contributed by atoms with Crippen LogP contribution in [-0.4, -0.2) is 39.4 Å². The summed E-state index contributed by atoms with van der Waals surface area (Å²) in [4.78, 5) is 14.4. The summed E-state index contributed by atoms with van der Waals surface area (Å²) in [5, 5.41) is 18.5. The molecule has 0 bridgehead atoms. The van der Waals surface area contributed by atoms with Crippen molar-refractivity contribution in [3.63, 3.8) is 0 Å². The Morgan fingerprint density at radius 1 is 1.45 bits per heavy atom. The van der Waals surface area contributed by atoms with E-state index >= 15 is 0 Å². The number of nitrogens with zero attached hydrogens (tertiary/aromatic N) is 2. The van der Waals surface area contributed by atoms with Crippen LogP contribution in [0.3, 0.4) is 0 Å². The third-order valence-electron chi connectivity index (χ3n) is 4.04. The first-order valence-electron chi connectivity index (χ1n) is 7.54. The third-order valence-corrected chi connectivity index (χ3v) is 4.04. The number of amides is 2. The largest absolute Gasteiger partial charge is 0.396 e. The number of aliphatic hydroxyl groups excluding tert-OH is 1. The van der Waals surface area contributed by atoms with E-state index < -0.39 is 0 Å². The number of benzene rings is 1. The molecule has 2 aromatic rings. The van der Waals surface area contributed by atoms with Gasteiger partial charge in [0, 0.05) is 19.3 Å². The van der Waals surface area contributed by atoms with Gasteiger partial charge < -0.3 is 15.3 Å². The normalized spacial score (nSPS) is 16.3. The van der Waals surface area contributed by atoms with Gasteiger partial charge in [-0.25, -0.2) is 4.79 Å². The molecule has 0 unspecified atom stereocenters. The average Bonchev–Trinajstić information content (AvgIpc) is 3.18. The molecular weight excluding hydrogens is 280 g/mol. The monoisotopic (exact) mass is 300 g/mol. The van der Waals surface area contributed by atoms with E-state index in [2.05, 4.69) is 27.6 Å². The summed E-state index contributed by atoms with van der Waals surface area (Å²) in [6.07, 6.45) is 5.69. The van der Waals surface area contributed by atoms with Crippen LogP contribution in [-0.2, 0) is 6.42 Å². The minimum atomic E-state index is -0.156. The molecule has 1 atom stereocenters. The lowest BCUT2D eigenvalue weighted by atomic mass is 10.1. The maximum atomic E-state index is 12.6. The molecule has 0 saturated carbocycles. The van der Waals surface area contributed by atoms with Crippen LogP contribution in [0.5, 0.6) is 0 Å². The molecule has 22 heavy (non-hydrogen) atoms. The van der Waals surface area contributed by atoms with Crippen molar-refractivity contribution >= 4 is 11.7 Å². The second-order valence-corrected chi connectivity index (χ2v) is 5.44. The minimum Gasteiger partial charge on any atom is -0.396 e. The van der Waals surface area contributed by atoms with Gasteiger partial charge in [-0.05, 0) is 30.4 Å². The van der Waals surface area contributed by atoms with Crippen LogP contribution >= 0.6 is 0 Å². The quantitative estimate of drug-likeness (QED) is 0.792. The number of aryl methyl sites for hydroxylation is 1. The summed E-state index contributed by atoms with van der Waals surface area (Å²) >= 11 is 0. The third kappa shape index (κ3) is 2.96. The SMILES string of the molecule is O=C(Nc1cn[nH]c1)N(CCCO)[C@@H]1CCc2ccccc21. The van der Waals surface area contributed by atoms with Crippen LogP contribution in [0.1, 0.15) is 30.0 Å². The number of rotatable bonds is 5. The van der Waals surface area contributed by atoms with Crippen LogP contribution in [0, 0.1) is 0 Å². The lowest BCUT2D eigenvalue weighted by Gasteiger charge is -2.29. The van der Waals surface area contributed by atoms with Crippen LogP contribution in [0.4, 0.5) is 10.5 Å². The lowest BCUT2D eigenvalue weighted by Crippen LogP contribution is -2.38. The van der Waals surface area contributed by atoms with E-state index in [0.29, 0.717) is 18.7 Å². The van der Waals surface area contributed by atoms with Crippen molar-refractivity contribution < 1.29 is 9.90 Å². The Balaban J connectivity index is 1.79. The first-order chi connectivity index (χ1) is 10.8. The number of fused-ring (bicyclic) bond motifs is 1. The Kier molecular flexibility index (Phi) is 4.39. The number of aromatic amines is 1. The smallest absolute Gasteiger partial charge is 0.322 e. The van der Waals surface area contributed by atoms with E-state index in [1.807, 2.05) is 17.0 Å². The molecule has 0 fully saturated rings. The first kappa shape index (κ1) is 14.6. The van der Waals surface area contributed by atoms with Crippen molar-refractivity contribution in [1.29, 1.82) is 0 Å². The highest BCUT2D eigenvalue weighted by atomic mass is 16.3. The van der Waals surface area contributed by atoms with E-state index in [1.165, 1.54) is 11.1 Å². The van der Waals surface area contributed by atoms with Gasteiger partial charge in [-0.2, -0.15) is 5.10 Å². The molecule has 6 nitrogen and oxygen atoms in total. The van der Waals surface area contributed by atoms with Gasteiger partial charge in [0.15, 0.2) is 0 Å². The molecule has 116 valence electrons. The summed E-state index contributed by atoms with van der Waals surface area (Å²) in [6.45, 7) is 0.600. The molecule has 1 aliphatic rings. The van der Waals surface area contributed by atoms with Crippen molar-refractivity contribution in [3.8, 4) is 0 Å². The van der Waals surface area contributed by atoms with Crippen molar-refractivity contribution in [2.45, 2.75) is 25.3 Å². The van der Waals surface area contributed by atoms with Crippen molar-refractivity contribution in [3.05, 3.63) is 47.8 Å². The molecule has 1 heterocycles. The van der Waals surface area contributed by atoms with Gasteiger partial charge in [-0.3, -0.25) is 5.10 Å². The Labute approximate surface area is 129 Å². The van der Waals surface area contributed by atoms with Crippen molar-refractivity contribution in [2.75, 3.05) is 18.5 Å². The van der Waals surface area contributed by atoms with Crippen LogP contribution < -0.4 is 5.32 Å². The molecule has 0 saturated heterocycles. The number of urea groups is 1. The maximum absolute atomic E-state index is 12.6. The molecule has 1 aromatic carbocycles. The Hall–Kier alpha value is -2.34. The predicted molar refractivity (Wildman–Crippen MR) is 83.5 cm³/mol. The van der Waals surface area contributed by atoms with Crippen molar-refractivity contribution in [1.82, 2.24) is 15.1 Å². The zero-order chi connectivity index (χ0) is 15.4. The number of carbonyl (C=O) groups excluding carboxylic acids is 1. The van der Waals surface area contributed by atoms with E-state index in [0.717, 1.165) is 12.8 Å². The van der Waals surface area contributed by atoms with E-state index in [9.17, 15) is 4.79 Å². The fourth-order valence-electron chi connectivity index (χ4n) is 3.01. The second kappa shape index (κ2) is 6.62. The number of carbonyl (C=O) groups is 1. The van der Waals surface area contributed by atoms with Gasteiger partial charge in [-0.15, -0.1) is 0 Å². The predicted octanol–water partition coefficient (Wildman–Crippen LogP) is 2.31. The van der Waals surface area contributed by atoms with Gasteiger partial charge in [-0.1, -0.05) is 24.3 Å². The lowest BCUT2D eigenvalue weighted by molar-refractivity contribution is 0.177. The Bertz CT molecular complexity index is 627. The van der Waals surface area contributed by atoms with Gasteiger partial charge in [0.1, 0.15) is 0 Å². The number of nitrogens with one attached hydrogen (secondary N) is 2. The molecular formula is C16H20N4O2. The number of aliphatic hydroxyl groups is 1. The topological polar surface area (TPSA) is 81.2 Å². The minimum absolute atomic E-state index is 0.0645. The molecule has 1 aromatic heterocycles. The number of aromatic nitrogens is 2. The summed E-state index contributed by atoms with van der Waals surface area (Å²) in [6, 6.07) is 8.16. The second-order valence-electron chi connectivity index (χ2n) is 5.44. The van der Waals surface area contributed by atoms with E-state index in [-0.39, 0.29) is 18.7 Å². The number of hydrogen-bond acceptors (Lipinski definition) is 3. The van der Waals surface area contributed by atoms with Crippen LogP contribution in [0.15, 0.2) is 36.7 Å². The Morgan fingerprint density at radius 3 is 3.09 bits per heavy atom. The van der Waals surface area contributed by atoms with Gasteiger partial charge in [0.05, 0.1) is 17.9 Å². The summed E-state index contributed by atoms with van der Waals surface area (Å²) in [7, 11) is 0. The molecule has 2 amide bonds. The van der Waals surface area contributed by atoms with Crippen molar-refractivity contribution in [2.24, 2.45) is 0 Å². The molecule has 0 radical (unpaired) electrons. The summed E-state index contributed by atoms with van der Waals surface area (Å²) in [5.41, 5.74) is 3.16. The fourth-order valence-corrected chi connectivity index (χ4v) is 3.01. The van der Waals surface area contributed by atoms with Gasteiger partial charge in [0.25, 0.3) is 0 Å². The maximum Gasteiger partial charge on any atom is 0.322 e. The number of H-pyrrole nitrogens is 1. The summed E-state index contributed by atoms with van der Waals surface area (Å²) in [5.74, 6) is 0. The standard InChI is InChI=1S/C16H20N4O2/c21-9-3-8-20(16(22)19-13-10-17-18-11-13)15-7-6-12-4-1-2-5-14(12)15/h1-2,4-5,10-11,15,21H,3,6-9H2,(H,17,18)(H,19,22)/t15-/m1/s1. The molecule has 1 aliphatic carbocycles. The zero-order valence-electron chi connectivity index (χ0n) is 12.3. The highest BCUT2D eigenvalue weighted by Gasteiger charge is 2.30. The zero-order valence-corrected chi connectivity index (χ0v) is 12.3. The highest BCUT2D eigenvalue weighted by Crippen LogP contribution is 2.35. The molecule has 0 spiro atoms. The van der Waals surface area contributed by atoms with E-state index in [4.69, 9.17) is 5.11 Å². The highest BCUT2D eigenvalue weighted by molar-refractivity contribution is 5.89. The number of anilines is 1. The Morgan fingerprint density at radius 2 is 2.32 bits per heavy atom. The molecule has 3 N–H and O–H groups in total. The average molecular weight is 300 g/mol. The van der Waals surface area contributed by atoms with Crippen LogP contribution in [0.25, 0.3) is 0 Å². The molecule has 3 rings (SSSR count). The van der Waals surface area contributed by atoms with Crippen LogP contribution in [0.2, 0.25) is 0 Å². The first-order valence-corrected chi connectivity index (χ1v) is 7.54. The fraction of sp³-hybridized carbons (Fsp3) is 0.375. The molecule has 0 aliphatic heterocycles. The van der Waals surface area contributed by atoms with E-state index in [1.54, 1.807) is 12.4 Å². The van der Waals surface area contributed by atoms with Gasteiger partial charge >= 0.3 is 6.03 Å².